The van der Waals surface area contributed by atoms with E-state index in [-0.39, 0.29) is 18.7 Å². The summed E-state index contributed by atoms with van der Waals surface area (Å²) in [5.41, 5.74) is 1.53. The van der Waals surface area contributed by atoms with Crippen LogP contribution in [0.2, 0.25) is 0 Å². The number of piperazine rings is 1. The fourth-order valence-electron chi connectivity index (χ4n) is 4.05. The first-order valence-electron chi connectivity index (χ1n) is 9.25. The van der Waals surface area contributed by atoms with Crippen LogP contribution in [0.5, 0.6) is 0 Å². The summed E-state index contributed by atoms with van der Waals surface area (Å²) in [6, 6.07) is 4.67. The van der Waals surface area contributed by atoms with Gasteiger partial charge in [0, 0.05) is 38.6 Å². The van der Waals surface area contributed by atoms with Crippen LogP contribution in [0.25, 0.3) is 0 Å². The van der Waals surface area contributed by atoms with Crippen molar-refractivity contribution in [1.29, 1.82) is 0 Å². The van der Waals surface area contributed by atoms with Crippen LogP contribution in [0.1, 0.15) is 46.0 Å². The predicted molar refractivity (Wildman–Crippen MR) is 95.9 cm³/mol. The number of fused-ring (bicyclic) bond motifs is 1. The van der Waals surface area contributed by atoms with E-state index < -0.39 is 23.8 Å². The lowest BCUT2D eigenvalue weighted by Gasteiger charge is -2.34. The number of benzene rings is 1. The molecule has 0 radical (unpaired) electrons. The number of amides is 4. The lowest BCUT2D eigenvalue weighted by molar-refractivity contribution is -0.136. The van der Waals surface area contributed by atoms with Gasteiger partial charge in [0.25, 0.3) is 11.8 Å². The third kappa shape index (κ3) is 3.04. The molecule has 1 aromatic carbocycles. The van der Waals surface area contributed by atoms with Gasteiger partial charge in [-0.2, -0.15) is 0 Å². The molecule has 8 nitrogen and oxygen atoms in total. The summed E-state index contributed by atoms with van der Waals surface area (Å²) in [6.45, 7) is 5.33. The van der Waals surface area contributed by atoms with Crippen LogP contribution in [0.4, 0.5) is 0 Å². The molecular formula is C19H22N4O4. The Hall–Kier alpha value is -2.58. The lowest BCUT2D eigenvalue weighted by Crippen LogP contribution is -2.54. The Morgan fingerprint density at radius 2 is 1.96 bits per heavy atom. The van der Waals surface area contributed by atoms with Gasteiger partial charge in [-0.05, 0) is 25.0 Å². The SMILES string of the molecule is C[C@@H]1CNCCN1Cc1cccc2c1C(=O)N(C1CCC(=O)NC1=O)C2=O. The van der Waals surface area contributed by atoms with Crippen molar-refractivity contribution in [2.24, 2.45) is 0 Å². The molecule has 3 aliphatic rings. The second kappa shape index (κ2) is 6.86. The first-order chi connectivity index (χ1) is 13.0. The Balaban J connectivity index is 1.63. The van der Waals surface area contributed by atoms with E-state index in [0.717, 1.165) is 30.1 Å². The maximum atomic E-state index is 13.1. The molecule has 142 valence electrons. The minimum absolute atomic E-state index is 0.120. The van der Waals surface area contributed by atoms with Gasteiger partial charge in [-0.1, -0.05) is 12.1 Å². The van der Waals surface area contributed by atoms with Crippen molar-refractivity contribution in [3.63, 3.8) is 0 Å². The van der Waals surface area contributed by atoms with E-state index in [4.69, 9.17) is 0 Å². The molecule has 0 bridgehead atoms. The van der Waals surface area contributed by atoms with E-state index in [0.29, 0.717) is 23.7 Å². The Bertz CT molecular complexity index is 837. The summed E-state index contributed by atoms with van der Waals surface area (Å²) in [5, 5.41) is 5.56. The van der Waals surface area contributed by atoms with Gasteiger partial charge in [-0.3, -0.25) is 34.3 Å². The molecule has 4 rings (SSSR count). The highest BCUT2D eigenvalue weighted by atomic mass is 16.2. The largest absolute Gasteiger partial charge is 0.314 e. The summed E-state index contributed by atoms with van der Waals surface area (Å²) in [5.74, 6) is -1.86. The molecule has 1 unspecified atom stereocenters. The van der Waals surface area contributed by atoms with Crippen molar-refractivity contribution in [2.75, 3.05) is 19.6 Å². The highest BCUT2D eigenvalue weighted by molar-refractivity contribution is 6.24. The molecule has 0 saturated carbocycles. The molecule has 3 heterocycles. The summed E-state index contributed by atoms with van der Waals surface area (Å²) >= 11 is 0. The van der Waals surface area contributed by atoms with Gasteiger partial charge in [0.05, 0.1) is 11.1 Å². The molecule has 4 amide bonds. The molecular weight excluding hydrogens is 348 g/mol. The molecule has 2 saturated heterocycles. The predicted octanol–water partition coefficient (Wildman–Crippen LogP) is -0.118. The lowest BCUT2D eigenvalue weighted by atomic mass is 10.0. The summed E-state index contributed by atoms with van der Waals surface area (Å²) in [4.78, 5) is 52.8. The first kappa shape index (κ1) is 17.8. The van der Waals surface area contributed by atoms with Crippen molar-refractivity contribution in [1.82, 2.24) is 20.4 Å². The van der Waals surface area contributed by atoms with Crippen LogP contribution in [0, 0.1) is 0 Å². The zero-order chi connectivity index (χ0) is 19.1. The van der Waals surface area contributed by atoms with Gasteiger partial charge in [0.2, 0.25) is 11.8 Å². The van der Waals surface area contributed by atoms with E-state index in [1.54, 1.807) is 12.1 Å². The number of nitrogens with zero attached hydrogens (tertiary/aromatic N) is 2. The van der Waals surface area contributed by atoms with Crippen molar-refractivity contribution in [3.05, 3.63) is 34.9 Å². The Kier molecular flexibility index (Phi) is 4.53. The maximum Gasteiger partial charge on any atom is 0.262 e. The standard InChI is InChI=1S/C19H22N4O4/c1-11-9-20-7-8-22(11)10-12-3-2-4-13-16(12)19(27)23(18(13)26)14-5-6-15(24)21-17(14)25/h2-4,11,14,20H,5-10H2,1H3,(H,21,24,25)/t11-,14?/m1/s1. The molecule has 0 spiro atoms. The number of nitrogens with one attached hydrogen (secondary N) is 2. The van der Waals surface area contributed by atoms with Gasteiger partial charge in [-0.15, -0.1) is 0 Å². The van der Waals surface area contributed by atoms with Gasteiger partial charge >= 0.3 is 0 Å². The molecule has 3 aliphatic heterocycles. The van der Waals surface area contributed by atoms with Crippen LogP contribution in [0.3, 0.4) is 0 Å². The first-order valence-corrected chi connectivity index (χ1v) is 9.25. The number of carbonyl (C=O) groups excluding carboxylic acids is 4. The van der Waals surface area contributed by atoms with Crippen molar-refractivity contribution in [3.8, 4) is 0 Å². The van der Waals surface area contributed by atoms with Crippen LogP contribution in [-0.4, -0.2) is 65.1 Å². The van der Waals surface area contributed by atoms with Crippen LogP contribution < -0.4 is 10.6 Å². The zero-order valence-electron chi connectivity index (χ0n) is 15.2. The molecule has 0 aliphatic carbocycles. The third-order valence-corrected chi connectivity index (χ3v) is 5.57. The van der Waals surface area contributed by atoms with E-state index in [2.05, 4.69) is 22.5 Å². The summed E-state index contributed by atoms with van der Waals surface area (Å²) < 4.78 is 0. The highest BCUT2D eigenvalue weighted by Crippen LogP contribution is 2.30. The summed E-state index contributed by atoms with van der Waals surface area (Å²) in [6.07, 6.45) is 0.287. The molecule has 1 aromatic rings. The number of piperidine rings is 1. The molecule has 2 fully saturated rings. The third-order valence-electron chi connectivity index (χ3n) is 5.57. The molecule has 2 atom stereocenters. The minimum Gasteiger partial charge on any atom is -0.314 e. The Morgan fingerprint density at radius 1 is 1.15 bits per heavy atom. The van der Waals surface area contributed by atoms with E-state index in [9.17, 15) is 19.2 Å². The minimum atomic E-state index is -0.930. The van der Waals surface area contributed by atoms with Crippen LogP contribution in [-0.2, 0) is 16.1 Å². The normalized spacial score (nSPS) is 26.3. The van der Waals surface area contributed by atoms with Gasteiger partial charge in [-0.25, -0.2) is 0 Å². The van der Waals surface area contributed by atoms with Gasteiger partial charge < -0.3 is 5.32 Å². The average molecular weight is 370 g/mol. The Labute approximate surface area is 156 Å². The second-order valence-corrected chi connectivity index (χ2v) is 7.31. The molecule has 2 N–H and O–H groups in total. The fourth-order valence-corrected chi connectivity index (χ4v) is 4.05. The fraction of sp³-hybridized carbons (Fsp3) is 0.474. The number of carbonyl (C=O) groups is 4. The average Bonchev–Trinajstić information content (AvgIpc) is 2.89. The number of imide groups is 2. The second-order valence-electron chi connectivity index (χ2n) is 7.31. The topological polar surface area (TPSA) is 98.8 Å². The number of hydrogen-bond donors (Lipinski definition) is 2. The molecule has 0 aromatic heterocycles. The van der Waals surface area contributed by atoms with Crippen molar-refractivity contribution < 1.29 is 19.2 Å². The number of hydrogen-bond acceptors (Lipinski definition) is 6. The van der Waals surface area contributed by atoms with Crippen molar-refractivity contribution in [2.45, 2.75) is 38.4 Å². The Morgan fingerprint density at radius 3 is 2.70 bits per heavy atom. The molecule has 27 heavy (non-hydrogen) atoms. The highest BCUT2D eigenvalue weighted by Gasteiger charge is 2.45. The summed E-state index contributed by atoms with van der Waals surface area (Å²) in [7, 11) is 0. The van der Waals surface area contributed by atoms with E-state index in [1.165, 1.54) is 0 Å². The van der Waals surface area contributed by atoms with Gasteiger partial charge in [0.15, 0.2) is 0 Å². The smallest absolute Gasteiger partial charge is 0.262 e. The molecule has 8 heteroatoms. The van der Waals surface area contributed by atoms with E-state index >= 15 is 0 Å². The van der Waals surface area contributed by atoms with Gasteiger partial charge in [0.1, 0.15) is 6.04 Å². The van der Waals surface area contributed by atoms with Crippen LogP contribution >= 0.6 is 0 Å². The zero-order valence-corrected chi connectivity index (χ0v) is 15.2. The van der Waals surface area contributed by atoms with Crippen molar-refractivity contribution >= 4 is 23.6 Å². The number of rotatable bonds is 3. The monoisotopic (exact) mass is 370 g/mol. The van der Waals surface area contributed by atoms with E-state index in [1.807, 2.05) is 6.07 Å². The van der Waals surface area contributed by atoms with Crippen LogP contribution in [0.15, 0.2) is 18.2 Å². The quantitative estimate of drug-likeness (QED) is 0.720. The maximum absolute atomic E-state index is 13.1.